The Morgan fingerprint density at radius 2 is 2.36 bits per heavy atom. The van der Waals surface area contributed by atoms with Crippen molar-refractivity contribution in [2.45, 2.75) is 5.92 Å². The lowest BCUT2D eigenvalue weighted by atomic mass is 9.95. The number of nitrogen functional groups attached to an aromatic ring is 1. The summed E-state index contributed by atoms with van der Waals surface area (Å²) in [4.78, 5) is 3.94. The zero-order valence-corrected chi connectivity index (χ0v) is 6.25. The van der Waals surface area contributed by atoms with E-state index in [1.165, 1.54) is 5.56 Å². The van der Waals surface area contributed by atoms with Gasteiger partial charge >= 0.3 is 0 Å². The van der Waals surface area contributed by atoms with Gasteiger partial charge in [0.2, 0.25) is 0 Å². The molecule has 3 nitrogen and oxygen atoms in total. The van der Waals surface area contributed by atoms with E-state index in [9.17, 15) is 0 Å². The Hall–Kier alpha value is -1.09. The van der Waals surface area contributed by atoms with Crippen LogP contribution in [0.1, 0.15) is 11.5 Å². The fourth-order valence-corrected chi connectivity index (χ4v) is 1.24. The second-order valence-corrected chi connectivity index (χ2v) is 2.87. The Labute approximate surface area is 65.6 Å². The smallest absolute Gasteiger partial charge is 0.123 e. The minimum Gasteiger partial charge on any atom is -0.384 e. The molecule has 11 heavy (non-hydrogen) atoms. The summed E-state index contributed by atoms with van der Waals surface area (Å²) in [5.41, 5.74) is 6.85. The van der Waals surface area contributed by atoms with Gasteiger partial charge in [-0.1, -0.05) is 0 Å². The van der Waals surface area contributed by atoms with E-state index in [0.29, 0.717) is 11.7 Å². The molecule has 2 rings (SSSR count). The molecule has 3 heteroatoms. The Morgan fingerprint density at radius 1 is 1.55 bits per heavy atom. The monoisotopic (exact) mass is 149 g/mol. The van der Waals surface area contributed by atoms with E-state index in [-0.39, 0.29) is 0 Å². The van der Waals surface area contributed by atoms with Gasteiger partial charge in [-0.05, 0) is 17.7 Å². The number of aromatic nitrogens is 1. The van der Waals surface area contributed by atoms with Crippen molar-refractivity contribution in [1.29, 1.82) is 0 Å². The van der Waals surface area contributed by atoms with Crippen LogP contribution in [0, 0.1) is 0 Å². The number of nitrogens with two attached hydrogens (primary N) is 1. The number of rotatable bonds is 1. The van der Waals surface area contributed by atoms with Crippen molar-refractivity contribution in [1.82, 2.24) is 10.3 Å². The third kappa shape index (κ3) is 1.19. The summed E-state index contributed by atoms with van der Waals surface area (Å²) in [6.45, 7) is 2.15. The molecule has 0 saturated carbocycles. The molecule has 1 aromatic rings. The van der Waals surface area contributed by atoms with E-state index in [0.717, 1.165) is 13.1 Å². The standard InChI is InChI=1S/C8H11N3/c9-8-3-6(1-2-11-8)7-4-10-5-7/h1-3,7,10H,4-5H2,(H2,9,11). The normalized spacial score (nSPS) is 17.8. The molecule has 0 spiro atoms. The van der Waals surface area contributed by atoms with Crippen LogP contribution < -0.4 is 11.1 Å². The Morgan fingerprint density at radius 3 is 2.91 bits per heavy atom. The van der Waals surface area contributed by atoms with E-state index in [1.807, 2.05) is 12.1 Å². The molecular weight excluding hydrogens is 138 g/mol. The number of nitrogens with zero attached hydrogens (tertiary/aromatic N) is 1. The number of hydrogen-bond acceptors (Lipinski definition) is 3. The maximum atomic E-state index is 5.54. The van der Waals surface area contributed by atoms with Crippen LogP contribution in [0.25, 0.3) is 0 Å². The summed E-state index contributed by atoms with van der Waals surface area (Å²) in [6, 6.07) is 3.98. The van der Waals surface area contributed by atoms with Crippen LogP contribution in [0.5, 0.6) is 0 Å². The van der Waals surface area contributed by atoms with Gasteiger partial charge in [-0.25, -0.2) is 4.98 Å². The lowest BCUT2D eigenvalue weighted by Crippen LogP contribution is -2.39. The van der Waals surface area contributed by atoms with Crippen molar-refractivity contribution in [3.8, 4) is 0 Å². The molecule has 0 aliphatic carbocycles. The van der Waals surface area contributed by atoms with Gasteiger partial charge in [0, 0.05) is 25.2 Å². The van der Waals surface area contributed by atoms with Crippen molar-refractivity contribution in [2.75, 3.05) is 18.8 Å². The molecule has 1 aliphatic rings. The predicted octanol–water partition coefficient (Wildman–Crippen LogP) is 0.351. The topological polar surface area (TPSA) is 50.9 Å². The summed E-state index contributed by atoms with van der Waals surface area (Å²) in [5, 5.41) is 3.22. The molecule has 1 fully saturated rings. The quantitative estimate of drug-likeness (QED) is 0.605. The molecule has 1 saturated heterocycles. The fraction of sp³-hybridized carbons (Fsp3) is 0.375. The molecule has 2 heterocycles. The molecule has 0 bridgehead atoms. The Bertz CT molecular complexity index is 255. The molecule has 1 aliphatic heterocycles. The predicted molar refractivity (Wildman–Crippen MR) is 44.3 cm³/mol. The van der Waals surface area contributed by atoms with Crippen molar-refractivity contribution in [3.05, 3.63) is 23.9 Å². The van der Waals surface area contributed by atoms with Crippen LogP contribution in [0.15, 0.2) is 18.3 Å². The lowest BCUT2D eigenvalue weighted by molar-refractivity contribution is 0.448. The minimum atomic E-state index is 0.620. The second-order valence-electron chi connectivity index (χ2n) is 2.87. The molecule has 3 N–H and O–H groups in total. The zero-order chi connectivity index (χ0) is 7.68. The molecule has 1 aromatic heterocycles. The summed E-state index contributed by atoms with van der Waals surface area (Å²) >= 11 is 0. The third-order valence-corrected chi connectivity index (χ3v) is 2.06. The summed E-state index contributed by atoms with van der Waals surface area (Å²) < 4.78 is 0. The zero-order valence-electron chi connectivity index (χ0n) is 6.25. The SMILES string of the molecule is Nc1cc(C2CNC2)ccn1. The van der Waals surface area contributed by atoms with Gasteiger partial charge in [0.1, 0.15) is 5.82 Å². The van der Waals surface area contributed by atoms with E-state index < -0.39 is 0 Å². The molecule has 0 radical (unpaired) electrons. The fourth-order valence-electron chi connectivity index (χ4n) is 1.24. The Balaban J connectivity index is 2.23. The molecule has 58 valence electrons. The van der Waals surface area contributed by atoms with Crippen LogP contribution >= 0.6 is 0 Å². The third-order valence-electron chi connectivity index (χ3n) is 2.06. The average molecular weight is 149 g/mol. The van der Waals surface area contributed by atoms with Gasteiger partial charge in [-0.15, -0.1) is 0 Å². The van der Waals surface area contributed by atoms with E-state index in [2.05, 4.69) is 10.3 Å². The van der Waals surface area contributed by atoms with Gasteiger partial charge in [0.05, 0.1) is 0 Å². The van der Waals surface area contributed by atoms with E-state index in [4.69, 9.17) is 5.73 Å². The Kier molecular flexibility index (Phi) is 1.51. The van der Waals surface area contributed by atoms with Gasteiger partial charge in [0.25, 0.3) is 0 Å². The minimum absolute atomic E-state index is 0.620. The number of pyridine rings is 1. The van der Waals surface area contributed by atoms with Crippen molar-refractivity contribution in [3.63, 3.8) is 0 Å². The first-order valence-electron chi connectivity index (χ1n) is 3.78. The van der Waals surface area contributed by atoms with Crippen molar-refractivity contribution < 1.29 is 0 Å². The number of anilines is 1. The summed E-state index contributed by atoms with van der Waals surface area (Å²) in [6.07, 6.45) is 1.77. The van der Waals surface area contributed by atoms with Gasteiger partial charge < -0.3 is 11.1 Å². The van der Waals surface area contributed by atoms with Crippen LogP contribution in [0.3, 0.4) is 0 Å². The highest BCUT2D eigenvalue weighted by Gasteiger charge is 2.18. The van der Waals surface area contributed by atoms with E-state index >= 15 is 0 Å². The van der Waals surface area contributed by atoms with Crippen LogP contribution in [-0.4, -0.2) is 18.1 Å². The van der Waals surface area contributed by atoms with Gasteiger partial charge in [0.15, 0.2) is 0 Å². The first-order valence-corrected chi connectivity index (χ1v) is 3.78. The van der Waals surface area contributed by atoms with Gasteiger partial charge in [-0.2, -0.15) is 0 Å². The highest BCUT2D eigenvalue weighted by atomic mass is 14.9. The molecule has 0 amide bonds. The van der Waals surface area contributed by atoms with Crippen LogP contribution in [0.4, 0.5) is 5.82 Å². The largest absolute Gasteiger partial charge is 0.384 e. The molecular formula is C8H11N3. The molecule has 0 aromatic carbocycles. The average Bonchev–Trinajstić information content (AvgIpc) is 1.83. The highest BCUT2D eigenvalue weighted by Crippen LogP contribution is 2.19. The maximum Gasteiger partial charge on any atom is 0.123 e. The first-order chi connectivity index (χ1) is 5.36. The van der Waals surface area contributed by atoms with Crippen LogP contribution in [-0.2, 0) is 0 Å². The van der Waals surface area contributed by atoms with Crippen LogP contribution in [0.2, 0.25) is 0 Å². The van der Waals surface area contributed by atoms with Crippen molar-refractivity contribution >= 4 is 5.82 Å². The highest BCUT2D eigenvalue weighted by molar-refractivity contribution is 5.34. The summed E-state index contributed by atoms with van der Waals surface area (Å²) in [7, 11) is 0. The summed E-state index contributed by atoms with van der Waals surface area (Å²) in [5.74, 6) is 1.27. The maximum absolute atomic E-state index is 5.54. The second kappa shape index (κ2) is 2.51. The molecule has 0 atom stereocenters. The lowest BCUT2D eigenvalue weighted by Gasteiger charge is -2.27. The van der Waals surface area contributed by atoms with E-state index in [1.54, 1.807) is 6.20 Å². The first kappa shape index (κ1) is 6.61. The molecule has 0 unspecified atom stereocenters. The van der Waals surface area contributed by atoms with Gasteiger partial charge in [-0.3, -0.25) is 0 Å². The number of hydrogen-bond donors (Lipinski definition) is 2. The number of nitrogens with one attached hydrogen (secondary N) is 1. The van der Waals surface area contributed by atoms with Crippen molar-refractivity contribution in [2.24, 2.45) is 0 Å².